The molecule has 0 unspecified atom stereocenters. The van der Waals surface area contributed by atoms with E-state index in [1.165, 1.54) is 6.07 Å². The number of benzene rings is 3. The van der Waals surface area contributed by atoms with Crippen LogP contribution in [0, 0.1) is 21.4 Å². The average molecular weight is 494 g/mol. The summed E-state index contributed by atoms with van der Waals surface area (Å²) in [5, 5.41) is 21.1. The Morgan fingerprint density at radius 3 is 2.56 bits per heavy atom. The average Bonchev–Trinajstić information content (AvgIpc) is 3.27. The van der Waals surface area contributed by atoms with Gasteiger partial charge in [0.05, 0.1) is 33.7 Å². The van der Waals surface area contributed by atoms with Crippen LogP contribution in [0.2, 0.25) is 0 Å². The van der Waals surface area contributed by atoms with Gasteiger partial charge >= 0.3 is 11.9 Å². The zero-order valence-electron chi connectivity index (χ0n) is 18.7. The standard InChI is InChI=1S/C25H17F3N4O4/c1-2-35-23-12-15(11-16(14-29)24-30-18-5-3-4-6-19(18)31-24)7-9-22(23)36-21-10-8-17(25(26,27)28)13-20(21)32(33)34/h3-13H,2H2,1H3,(H,30,31)/b16-11+. The van der Waals surface area contributed by atoms with E-state index in [9.17, 15) is 28.5 Å². The molecule has 0 aliphatic rings. The first-order chi connectivity index (χ1) is 17.2. The van der Waals surface area contributed by atoms with Crippen molar-refractivity contribution in [1.82, 2.24) is 9.97 Å². The van der Waals surface area contributed by atoms with Crippen molar-refractivity contribution in [1.29, 1.82) is 5.26 Å². The Hall–Kier alpha value is -4.85. The Morgan fingerprint density at radius 1 is 1.14 bits per heavy atom. The largest absolute Gasteiger partial charge is 0.490 e. The third-order valence-corrected chi connectivity index (χ3v) is 5.05. The summed E-state index contributed by atoms with van der Waals surface area (Å²) in [5.74, 6) is 0.232. The maximum atomic E-state index is 13.0. The Labute approximate surface area is 202 Å². The molecule has 36 heavy (non-hydrogen) atoms. The number of aromatic nitrogens is 2. The maximum absolute atomic E-state index is 13.0. The summed E-state index contributed by atoms with van der Waals surface area (Å²) in [7, 11) is 0. The molecular weight excluding hydrogens is 477 g/mol. The van der Waals surface area contributed by atoms with Gasteiger partial charge in [0.25, 0.3) is 0 Å². The van der Waals surface area contributed by atoms with Crippen LogP contribution in [-0.2, 0) is 6.18 Å². The van der Waals surface area contributed by atoms with Gasteiger partial charge in [-0.25, -0.2) is 4.98 Å². The van der Waals surface area contributed by atoms with Crippen LogP contribution < -0.4 is 9.47 Å². The quantitative estimate of drug-likeness (QED) is 0.173. The number of alkyl halides is 3. The number of hydrogen-bond acceptors (Lipinski definition) is 6. The highest BCUT2D eigenvalue weighted by Gasteiger charge is 2.33. The molecule has 0 bridgehead atoms. The fraction of sp³-hybridized carbons (Fsp3) is 0.120. The Kier molecular flexibility index (Phi) is 6.60. The number of rotatable bonds is 7. The molecular formula is C25H17F3N4O4. The van der Waals surface area contributed by atoms with Gasteiger partial charge < -0.3 is 14.5 Å². The van der Waals surface area contributed by atoms with Crippen LogP contribution in [0.25, 0.3) is 22.7 Å². The van der Waals surface area contributed by atoms with Gasteiger partial charge in [0, 0.05) is 6.07 Å². The van der Waals surface area contributed by atoms with E-state index < -0.39 is 22.4 Å². The molecule has 0 atom stereocenters. The van der Waals surface area contributed by atoms with E-state index in [0.717, 1.165) is 11.6 Å². The van der Waals surface area contributed by atoms with Crippen molar-refractivity contribution < 1.29 is 27.6 Å². The fourth-order valence-electron chi connectivity index (χ4n) is 3.41. The first-order valence-corrected chi connectivity index (χ1v) is 10.6. The SMILES string of the molecule is CCOc1cc(/C=C(\C#N)c2nc3ccccc3[nH]2)ccc1Oc1ccc(C(F)(F)F)cc1[N+](=O)[O-]. The zero-order chi connectivity index (χ0) is 25.9. The molecule has 1 aromatic heterocycles. The van der Waals surface area contributed by atoms with Crippen LogP contribution >= 0.6 is 0 Å². The van der Waals surface area contributed by atoms with E-state index in [1.807, 2.05) is 24.3 Å². The van der Waals surface area contributed by atoms with Crippen molar-refractivity contribution in [2.45, 2.75) is 13.1 Å². The monoisotopic (exact) mass is 494 g/mol. The van der Waals surface area contributed by atoms with Crippen LogP contribution in [0.4, 0.5) is 18.9 Å². The van der Waals surface area contributed by atoms with Gasteiger partial charge in [-0.15, -0.1) is 0 Å². The van der Waals surface area contributed by atoms with Crippen LogP contribution in [0.5, 0.6) is 17.2 Å². The van der Waals surface area contributed by atoms with E-state index in [2.05, 4.69) is 16.0 Å². The van der Waals surface area contributed by atoms with E-state index in [0.29, 0.717) is 29.0 Å². The molecule has 0 aliphatic carbocycles. The van der Waals surface area contributed by atoms with Gasteiger partial charge in [-0.05, 0) is 55.0 Å². The third kappa shape index (κ3) is 5.12. The van der Waals surface area contributed by atoms with Gasteiger partial charge in [-0.3, -0.25) is 10.1 Å². The van der Waals surface area contributed by atoms with Crippen molar-refractivity contribution in [3.63, 3.8) is 0 Å². The minimum absolute atomic E-state index is 0.0547. The summed E-state index contributed by atoms with van der Waals surface area (Å²) in [6.07, 6.45) is -3.17. The van der Waals surface area contributed by atoms with E-state index in [4.69, 9.17) is 9.47 Å². The number of imidazole rings is 1. The highest BCUT2D eigenvalue weighted by atomic mass is 19.4. The van der Waals surface area contributed by atoms with Crippen molar-refractivity contribution in [3.8, 4) is 23.3 Å². The molecule has 8 nitrogen and oxygen atoms in total. The molecule has 4 rings (SSSR count). The summed E-state index contributed by atoms with van der Waals surface area (Å²) in [4.78, 5) is 17.9. The lowest BCUT2D eigenvalue weighted by Crippen LogP contribution is -2.06. The van der Waals surface area contributed by atoms with Crippen molar-refractivity contribution in [2.24, 2.45) is 0 Å². The summed E-state index contributed by atoms with van der Waals surface area (Å²) >= 11 is 0. The molecule has 3 aromatic carbocycles. The second kappa shape index (κ2) is 9.79. The zero-order valence-corrected chi connectivity index (χ0v) is 18.7. The summed E-state index contributed by atoms with van der Waals surface area (Å²) in [5.41, 5.74) is 0.260. The molecule has 0 aliphatic heterocycles. The first kappa shape index (κ1) is 24.3. The summed E-state index contributed by atoms with van der Waals surface area (Å²) in [6.45, 7) is 1.93. The number of nitro benzene ring substituents is 1. The van der Waals surface area contributed by atoms with Gasteiger partial charge in [0.15, 0.2) is 11.5 Å². The van der Waals surface area contributed by atoms with Gasteiger partial charge in [0.2, 0.25) is 5.75 Å². The second-order valence-corrected chi connectivity index (χ2v) is 7.45. The number of H-pyrrole nitrogens is 1. The number of aromatic amines is 1. The molecule has 0 fully saturated rings. The number of nitrogens with one attached hydrogen (secondary N) is 1. The predicted octanol–water partition coefficient (Wildman–Crippen LogP) is 6.75. The van der Waals surface area contributed by atoms with Gasteiger partial charge in [-0.2, -0.15) is 18.4 Å². The second-order valence-electron chi connectivity index (χ2n) is 7.45. The number of para-hydroxylation sites is 2. The van der Waals surface area contributed by atoms with E-state index >= 15 is 0 Å². The highest BCUT2D eigenvalue weighted by Crippen LogP contribution is 2.40. The smallest absolute Gasteiger partial charge is 0.416 e. The van der Waals surface area contributed by atoms with Crippen LogP contribution in [-0.4, -0.2) is 21.5 Å². The number of fused-ring (bicyclic) bond motifs is 1. The minimum Gasteiger partial charge on any atom is -0.490 e. The van der Waals surface area contributed by atoms with Crippen LogP contribution in [0.15, 0.2) is 60.7 Å². The lowest BCUT2D eigenvalue weighted by atomic mass is 10.1. The number of halogens is 3. The molecule has 1 heterocycles. The lowest BCUT2D eigenvalue weighted by Gasteiger charge is -2.13. The predicted molar refractivity (Wildman–Crippen MR) is 125 cm³/mol. The number of hydrogen-bond donors (Lipinski definition) is 1. The Morgan fingerprint density at radius 2 is 1.89 bits per heavy atom. The number of allylic oxidation sites excluding steroid dienone is 1. The molecule has 0 saturated heterocycles. The summed E-state index contributed by atoms with van der Waals surface area (Å²) < 4.78 is 50.2. The van der Waals surface area contributed by atoms with Crippen molar-refractivity contribution >= 4 is 28.4 Å². The maximum Gasteiger partial charge on any atom is 0.416 e. The topological polar surface area (TPSA) is 114 Å². The van der Waals surface area contributed by atoms with Gasteiger partial charge in [-0.1, -0.05) is 18.2 Å². The number of ether oxygens (including phenoxy) is 2. The molecule has 0 saturated carbocycles. The third-order valence-electron chi connectivity index (χ3n) is 5.05. The number of nitrogens with zero attached hydrogens (tertiary/aromatic N) is 3. The van der Waals surface area contributed by atoms with Gasteiger partial charge in [0.1, 0.15) is 11.9 Å². The summed E-state index contributed by atoms with van der Waals surface area (Å²) in [6, 6.07) is 16.0. The molecule has 11 heteroatoms. The Balaban J connectivity index is 1.69. The Bertz CT molecular complexity index is 1490. The highest BCUT2D eigenvalue weighted by molar-refractivity contribution is 5.90. The van der Waals surface area contributed by atoms with E-state index in [1.54, 1.807) is 25.1 Å². The molecule has 0 radical (unpaired) electrons. The molecule has 0 amide bonds. The molecule has 1 N–H and O–H groups in total. The lowest BCUT2D eigenvalue weighted by molar-refractivity contribution is -0.385. The van der Waals surface area contributed by atoms with Crippen molar-refractivity contribution in [3.05, 3.63) is 87.7 Å². The minimum atomic E-state index is -4.74. The van der Waals surface area contributed by atoms with Crippen molar-refractivity contribution in [2.75, 3.05) is 6.61 Å². The molecule has 4 aromatic rings. The van der Waals surface area contributed by atoms with Crippen LogP contribution in [0.1, 0.15) is 23.9 Å². The molecule has 0 spiro atoms. The number of nitriles is 1. The van der Waals surface area contributed by atoms with E-state index in [-0.39, 0.29) is 29.4 Å². The number of nitro groups is 1. The molecule has 182 valence electrons. The first-order valence-electron chi connectivity index (χ1n) is 10.6. The van der Waals surface area contributed by atoms with Crippen LogP contribution in [0.3, 0.4) is 0 Å². The normalized spacial score (nSPS) is 11.8. The fourth-order valence-corrected chi connectivity index (χ4v) is 3.41.